The van der Waals surface area contributed by atoms with Gasteiger partial charge in [-0.3, -0.25) is 9.59 Å². The standard InChI is InChI=1S/C19H17F3N2O6/c20-19(21,22)30-13-4-2-12(3-5-13)24-18(27)17(26)23-8-7-14(25)11-1-6-15-16(9-11)29-10-28-15/h1-6,9,14,25H,7-8,10H2,(H,23,26)(H,24,27). The number of anilines is 1. The van der Waals surface area contributed by atoms with Gasteiger partial charge in [0, 0.05) is 12.2 Å². The first-order valence-corrected chi connectivity index (χ1v) is 8.74. The van der Waals surface area contributed by atoms with Crippen molar-refractivity contribution in [2.75, 3.05) is 18.7 Å². The number of fused-ring (bicyclic) bond motifs is 1. The molecule has 0 radical (unpaired) electrons. The summed E-state index contributed by atoms with van der Waals surface area (Å²) in [6.07, 6.45) is -5.58. The van der Waals surface area contributed by atoms with Crippen LogP contribution in [0, 0.1) is 0 Å². The summed E-state index contributed by atoms with van der Waals surface area (Å²) in [6, 6.07) is 9.29. The van der Waals surface area contributed by atoms with Crippen molar-refractivity contribution in [2.24, 2.45) is 0 Å². The minimum absolute atomic E-state index is 0.0141. The number of aliphatic hydroxyl groups is 1. The van der Waals surface area contributed by atoms with Gasteiger partial charge in [-0.25, -0.2) is 0 Å². The first-order valence-electron chi connectivity index (χ1n) is 8.74. The Morgan fingerprint density at radius 3 is 2.47 bits per heavy atom. The molecular formula is C19H17F3N2O6. The number of amides is 2. The predicted molar refractivity (Wildman–Crippen MR) is 96.9 cm³/mol. The maximum Gasteiger partial charge on any atom is 0.573 e. The van der Waals surface area contributed by atoms with Crippen LogP contribution in [0.4, 0.5) is 18.9 Å². The van der Waals surface area contributed by atoms with Crippen LogP contribution in [0.2, 0.25) is 0 Å². The zero-order valence-electron chi connectivity index (χ0n) is 15.4. The van der Waals surface area contributed by atoms with Crippen molar-refractivity contribution in [2.45, 2.75) is 18.9 Å². The highest BCUT2D eigenvalue weighted by Gasteiger charge is 2.31. The van der Waals surface area contributed by atoms with Gasteiger partial charge >= 0.3 is 18.2 Å². The van der Waals surface area contributed by atoms with Gasteiger partial charge in [-0.05, 0) is 48.4 Å². The van der Waals surface area contributed by atoms with Crippen LogP contribution in [0.3, 0.4) is 0 Å². The molecule has 160 valence electrons. The number of rotatable bonds is 6. The fraction of sp³-hybridized carbons (Fsp3) is 0.263. The first kappa shape index (κ1) is 21.2. The summed E-state index contributed by atoms with van der Waals surface area (Å²) in [5.41, 5.74) is 0.684. The van der Waals surface area contributed by atoms with Gasteiger partial charge in [-0.15, -0.1) is 13.2 Å². The van der Waals surface area contributed by atoms with Gasteiger partial charge in [0.15, 0.2) is 11.5 Å². The molecule has 0 bridgehead atoms. The van der Waals surface area contributed by atoms with Crippen LogP contribution in [0.25, 0.3) is 0 Å². The highest BCUT2D eigenvalue weighted by atomic mass is 19.4. The first-order chi connectivity index (χ1) is 14.2. The molecule has 0 saturated carbocycles. The molecular weight excluding hydrogens is 409 g/mol. The lowest BCUT2D eigenvalue weighted by Gasteiger charge is -2.12. The van der Waals surface area contributed by atoms with Crippen LogP contribution in [-0.2, 0) is 9.59 Å². The molecule has 3 N–H and O–H groups in total. The molecule has 8 nitrogen and oxygen atoms in total. The third-order valence-electron chi connectivity index (χ3n) is 4.04. The van der Waals surface area contributed by atoms with E-state index < -0.39 is 30.0 Å². The molecule has 2 amide bonds. The highest BCUT2D eigenvalue weighted by molar-refractivity contribution is 6.39. The van der Waals surface area contributed by atoms with E-state index in [0.717, 1.165) is 24.3 Å². The lowest BCUT2D eigenvalue weighted by atomic mass is 10.1. The average Bonchev–Trinajstić information content (AvgIpc) is 3.16. The van der Waals surface area contributed by atoms with Crippen LogP contribution in [0.5, 0.6) is 17.2 Å². The van der Waals surface area contributed by atoms with Crippen LogP contribution < -0.4 is 24.8 Å². The van der Waals surface area contributed by atoms with Crippen molar-refractivity contribution in [3.05, 3.63) is 48.0 Å². The maximum absolute atomic E-state index is 12.1. The summed E-state index contributed by atoms with van der Waals surface area (Å²) in [5, 5.41) is 14.8. The molecule has 1 aliphatic rings. The normalized spacial score (nSPS) is 13.5. The summed E-state index contributed by atoms with van der Waals surface area (Å²) < 4.78 is 50.5. The molecule has 2 aromatic rings. The minimum Gasteiger partial charge on any atom is -0.454 e. The Morgan fingerprint density at radius 2 is 1.77 bits per heavy atom. The number of hydrogen-bond donors (Lipinski definition) is 3. The molecule has 1 heterocycles. The van der Waals surface area contributed by atoms with Gasteiger partial charge in [-0.2, -0.15) is 0 Å². The summed E-state index contributed by atoms with van der Waals surface area (Å²) in [4.78, 5) is 23.7. The van der Waals surface area contributed by atoms with Gasteiger partial charge in [0.2, 0.25) is 6.79 Å². The average molecular weight is 426 g/mol. The third-order valence-corrected chi connectivity index (χ3v) is 4.04. The van der Waals surface area contributed by atoms with E-state index in [-0.39, 0.29) is 25.4 Å². The van der Waals surface area contributed by atoms with Crippen LogP contribution >= 0.6 is 0 Å². The second-order valence-electron chi connectivity index (χ2n) is 6.20. The lowest BCUT2D eigenvalue weighted by Crippen LogP contribution is -2.36. The number of nitrogens with one attached hydrogen (secondary N) is 2. The van der Waals surface area contributed by atoms with Crippen molar-refractivity contribution >= 4 is 17.5 Å². The summed E-state index contributed by atoms with van der Waals surface area (Å²) >= 11 is 0. The van der Waals surface area contributed by atoms with Gasteiger partial charge in [-0.1, -0.05) is 6.07 Å². The molecule has 0 aliphatic carbocycles. The number of benzene rings is 2. The van der Waals surface area contributed by atoms with E-state index in [2.05, 4.69) is 15.4 Å². The molecule has 3 rings (SSSR count). The Labute approximate surface area is 168 Å². The van der Waals surface area contributed by atoms with E-state index in [1.165, 1.54) is 0 Å². The number of aliphatic hydroxyl groups excluding tert-OH is 1. The van der Waals surface area contributed by atoms with E-state index in [4.69, 9.17) is 9.47 Å². The molecule has 0 saturated heterocycles. The molecule has 1 aliphatic heterocycles. The quantitative estimate of drug-likeness (QED) is 0.613. The summed E-state index contributed by atoms with van der Waals surface area (Å²) in [7, 11) is 0. The van der Waals surface area contributed by atoms with Gasteiger partial charge < -0.3 is 30.0 Å². The van der Waals surface area contributed by atoms with Crippen LogP contribution in [0.15, 0.2) is 42.5 Å². The van der Waals surface area contributed by atoms with Crippen molar-refractivity contribution in [3.8, 4) is 17.2 Å². The summed E-state index contributed by atoms with van der Waals surface area (Å²) in [6.45, 7) is 0.123. The Morgan fingerprint density at radius 1 is 1.07 bits per heavy atom. The number of hydrogen-bond acceptors (Lipinski definition) is 6. The molecule has 30 heavy (non-hydrogen) atoms. The van der Waals surface area contributed by atoms with Gasteiger partial charge in [0.25, 0.3) is 0 Å². The maximum atomic E-state index is 12.1. The zero-order chi connectivity index (χ0) is 21.7. The van der Waals surface area contributed by atoms with E-state index >= 15 is 0 Å². The zero-order valence-corrected chi connectivity index (χ0v) is 15.4. The molecule has 0 aromatic heterocycles. The predicted octanol–water partition coefficient (Wildman–Crippen LogP) is 2.49. The Bertz CT molecular complexity index is 917. The number of alkyl halides is 3. The second kappa shape index (κ2) is 8.91. The molecule has 0 spiro atoms. The van der Waals surface area contributed by atoms with E-state index in [1.54, 1.807) is 18.2 Å². The fourth-order valence-corrected chi connectivity index (χ4v) is 2.62. The lowest BCUT2D eigenvalue weighted by molar-refractivity contribution is -0.274. The Hall–Kier alpha value is -3.47. The molecule has 0 fully saturated rings. The topological polar surface area (TPSA) is 106 Å². The van der Waals surface area contributed by atoms with Crippen molar-refractivity contribution in [1.82, 2.24) is 5.32 Å². The number of carbonyl (C=O) groups is 2. The van der Waals surface area contributed by atoms with Crippen molar-refractivity contribution in [3.63, 3.8) is 0 Å². The minimum atomic E-state index is -4.82. The molecule has 1 unspecified atom stereocenters. The second-order valence-corrected chi connectivity index (χ2v) is 6.20. The Kier molecular flexibility index (Phi) is 6.31. The van der Waals surface area contributed by atoms with E-state index in [0.29, 0.717) is 17.1 Å². The molecule has 2 aromatic carbocycles. The van der Waals surface area contributed by atoms with E-state index in [9.17, 15) is 27.9 Å². The smallest absolute Gasteiger partial charge is 0.454 e. The van der Waals surface area contributed by atoms with Crippen LogP contribution in [-0.4, -0.2) is 36.6 Å². The van der Waals surface area contributed by atoms with Crippen molar-refractivity contribution < 1.29 is 42.1 Å². The van der Waals surface area contributed by atoms with Gasteiger partial charge in [0.05, 0.1) is 6.10 Å². The van der Waals surface area contributed by atoms with Crippen molar-refractivity contribution in [1.29, 1.82) is 0 Å². The van der Waals surface area contributed by atoms with Gasteiger partial charge in [0.1, 0.15) is 5.75 Å². The highest BCUT2D eigenvalue weighted by Crippen LogP contribution is 2.34. The summed E-state index contributed by atoms with van der Waals surface area (Å²) in [5.74, 6) is -1.32. The number of ether oxygens (including phenoxy) is 3. The monoisotopic (exact) mass is 426 g/mol. The van der Waals surface area contributed by atoms with E-state index in [1.807, 2.05) is 0 Å². The molecule has 1 atom stereocenters. The third kappa shape index (κ3) is 5.77. The van der Waals surface area contributed by atoms with Crippen LogP contribution in [0.1, 0.15) is 18.1 Å². The Balaban J connectivity index is 1.43. The number of halogens is 3. The number of carbonyl (C=O) groups excluding carboxylic acids is 2. The SMILES string of the molecule is O=C(NCCC(O)c1ccc2c(c1)OCO2)C(=O)Nc1ccc(OC(F)(F)F)cc1. The molecule has 11 heteroatoms. The largest absolute Gasteiger partial charge is 0.573 e. The fourth-order valence-electron chi connectivity index (χ4n) is 2.62.